The lowest BCUT2D eigenvalue weighted by molar-refractivity contribution is 1.36. The number of halogens is 1. The van der Waals surface area contributed by atoms with E-state index in [9.17, 15) is 0 Å². The van der Waals surface area contributed by atoms with E-state index in [4.69, 9.17) is 11.6 Å². The molecule has 0 atom stereocenters. The predicted molar refractivity (Wildman–Crippen MR) is 87.5 cm³/mol. The fourth-order valence-corrected chi connectivity index (χ4v) is 2.80. The molecule has 100 valence electrons. The zero-order chi connectivity index (χ0) is 13.9. The average Bonchev–Trinajstić information content (AvgIpc) is 2.97. The number of rotatable bonds is 3. The Kier molecular flexibility index (Phi) is 3.72. The zero-order valence-corrected chi connectivity index (χ0v) is 12.5. The molecule has 0 aliphatic carbocycles. The lowest BCUT2D eigenvalue weighted by Crippen LogP contribution is -1.86. The van der Waals surface area contributed by atoms with Crippen molar-refractivity contribution >= 4 is 28.1 Å². The van der Waals surface area contributed by atoms with Crippen molar-refractivity contribution in [3.05, 3.63) is 58.9 Å². The third-order valence-electron chi connectivity index (χ3n) is 3.08. The fourth-order valence-electron chi connectivity index (χ4n) is 2.00. The Morgan fingerprint density at radius 2 is 1.45 bits per heavy atom. The summed E-state index contributed by atoms with van der Waals surface area (Å²) in [5.41, 5.74) is 4.46. The van der Waals surface area contributed by atoms with Crippen molar-refractivity contribution in [2.24, 2.45) is 0 Å². The molecule has 0 aliphatic heterocycles. The van der Waals surface area contributed by atoms with Crippen LogP contribution in [-0.2, 0) is 0 Å². The largest absolute Gasteiger partial charge is 0.365 e. The lowest BCUT2D eigenvalue weighted by Gasteiger charge is -2.03. The van der Waals surface area contributed by atoms with Gasteiger partial charge in [0.1, 0.15) is 0 Å². The molecule has 0 radical (unpaired) electrons. The minimum Gasteiger partial charge on any atom is -0.365 e. The van der Waals surface area contributed by atoms with Crippen molar-refractivity contribution in [2.75, 3.05) is 12.4 Å². The van der Waals surface area contributed by atoms with Crippen molar-refractivity contribution in [2.45, 2.75) is 0 Å². The van der Waals surface area contributed by atoms with Crippen LogP contribution < -0.4 is 5.32 Å². The number of hydrogen-bond acceptors (Lipinski definition) is 3. The summed E-state index contributed by atoms with van der Waals surface area (Å²) in [5, 5.41) is 6.80. The number of nitrogens with zero attached hydrogens (tertiary/aromatic N) is 1. The number of anilines is 1. The molecule has 0 unspecified atom stereocenters. The minimum atomic E-state index is 0.757. The van der Waals surface area contributed by atoms with Crippen LogP contribution in [0.25, 0.3) is 22.4 Å². The summed E-state index contributed by atoms with van der Waals surface area (Å²) in [4.78, 5) is 4.50. The monoisotopic (exact) mass is 300 g/mol. The summed E-state index contributed by atoms with van der Waals surface area (Å²) in [6, 6.07) is 16.3. The van der Waals surface area contributed by atoms with Crippen LogP contribution in [0.3, 0.4) is 0 Å². The maximum Gasteiger partial charge on any atom is 0.182 e. The second-order valence-electron chi connectivity index (χ2n) is 4.37. The quantitative estimate of drug-likeness (QED) is 0.721. The van der Waals surface area contributed by atoms with Gasteiger partial charge in [0.15, 0.2) is 5.13 Å². The molecule has 0 amide bonds. The molecule has 1 heterocycles. The van der Waals surface area contributed by atoms with E-state index in [1.165, 1.54) is 5.56 Å². The highest BCUT2D eigenvalue weighted by Crippen LogP contribution is 2.27. The van der Waals surface area contributed by atoms with Crippen LogP contribution in [0.1, 0.15) is 0 Å². The van der Waals surface area contributed by atoms with Gasteiger partial charge < -0.3 is 5.32 Å². The fraction of sp³-hybridized carbons (Fsp3) is 0.0625. The molecule has 0 fully saturated rings. The van der Waals surface area contributed by atoms with Crippen molar-refractivity contribution in [3.63, 3.8) is 0 Å². The van der Waals surface area contributed by atoms with Crippen molar-refractivity contribution < 1.29 is 0 Å². The number of aromatic nitrogens is 1. The molecule has 0 spiro atoms. The van der Waals surface area contributed by atoms with Gasteiger partial charge in [0, 0.05) is 23.0 Å². The molecule has 3 aromatic rings. The molecular weight excluding hydrogens is 288 g/mol. The number of hydrogen-bond donors (Lipinski definition) is 1. The maximum absolute atomic E-state index is 5.91. The first-order valence-electron chi connectivity index (χ1n) is 6.26. The Hall–Kier alpha value is -1.84. The van der Waals surface area contributed by atoms with E-state index >= 15 is 0 Å². The molecule has 4 heteroatoms. The molecule has 0 aliphatic rings. The Morgan fingerprint density at radius 3 is 2.00 bits per heavy atom. The molecule has 0 saturated heterocycles. The van der Waals surface area contributed by atoms with Crippen LogP contribution in [0.5, 0.6) is 0 Å². The Labute approximate surface area is 127 Å². The van der Waals surface area contributed by atoms with E-state index in [1.54, 1.807) is 11.3 Å². The topological polar surface area (TPSA) is 24.9 Å². The van der Waals surface area contributed by atoms with Gasteiger partial charge in [-0.15, -0.1) is 11.3 Å². The van der Waals surface area contributed by atoms with E-state index in [2.05, 4.69) is 39.9 Å². The summed E-state index contributed by atoms with van der Waals surface area (Å²) in [7, 11) is 1.88. The van der Waals surface area contributed by atoms with Crippen molar-refractivity contribution in [1.82, 2.24) is 4.98 Å². The molecule has 2 aromatic carbocycles. The standard InChI is InChI=1S/C16H13ClN2S/c1-18-16-19-15(10-20-16)13-4-2-11(3-5-13)12-6-8-14(17)9-7-12/h2-10H,1H3,(H,18,19). The summed E-state index contributed by atoms with van der Waals surface area (Å²) >= 11 is 7.52. The van der Waals surface area contributed by atoms with Crippen LogP contribution >= 0.6 is 22.9 Å². The third kappa shape index (κ3) is 2.69. The summed E-state index contributed by atoms with van der Waals surface area (Å²) in [5.74, 6) is 0. The van der Waals surface area contributed by atoms with Gasteiger partial charge in [0.25, 0.3) is 0 Å². The molecule has 0 bridgehead atoms. The summed E-state index contributed by atoms with van der Waals surface area (Å²) in [6.45, 7) is 0. The highest BCUT2D eigenvalue weighted by atomic mass is 35.5. The van der Waals surface area contributed by atoms with Gasteiger partial charge in [-0.3, -0.25) is 0 Å². The van der Waals surface area contributed by atoms with Gasteiger partial charge in [0.2, 0.25) is 0 Å². The minimum absolute atomic E-state index is 0.757. The highest BCUT2D eigenvalue weighted by Gasteiger charge is 2.04. The summed E-state index contributed by atoms with van der Waals surface area (Å²) in [6.07, 6.45) is 0. The van der Waals surface area contributed by atoms with Gasteiger partial charge in [-0.05, 0) is 23.3 Å². The Morgan fingerprint density at radius 1 is 0.900 bits per heavy atom. The first kappa shape index (κ1) is 13.2. The molecule has 3 rings (SSSR count). The number of thiazole rings is 1. The van der Waals surface area contributed by atoms with Gasteiger partial charge >= 0.3 is 0 Å². The van der Waals surface area contributed by atoms with Crippen LogP contribution in [0.2, 0.25) is 5.02 Å². The van der Waals surface area contributed by atoms with Gasteiger partial charge in [-0.25, -0.2) is 4.98 Å². The molecule has 1 N–H and O–H groups in total. The predicted octanol–water partition coefficient (Wildman–Crippen LogP) is 5.17. The second-order valence-corrected chi connectivity index (χ2v) is 5.67. The van der Waals surface area contributed by atoms with Gasteiger partial charge in [-0.2, -0.15) is 0 Å². The Bertz CT molecular complexity index is 702. The smallest absolute Gasteiger partial charge is 0.182 e. The van der Waals surface area contributed by atoms with Crippen molar-refractivity contribution in [1.29, 1.82) is 0 Å². The van der Waals surface area contributed by atoms with Crippen LogP contribution in [0, 0.1) is 0 Å². The molecule has 2 nitrogen and oxygen atoms in total. The van der Waals surface area contributed by atoms with E-state index in [0.29, 0.717) is 0 Å². The van der Waals surface area contributed by atoms with E-state index in [0.717, 1.165) is 27.0 Å². The van der Waals surface area contributed by atoms with Gasteiger partial charge in [-0.1, -0.05) is 48.0 Å². The second kappa shape index (κ2) is 5.65. The highest BCUT2D eigenvalue weighted by molar-refractivity contribution is 7.14. The first-order valence-corrected chi connectivity index (χ1v) is 7.52. The average molecular weight is 301 g/mol. The lowest BCUT2D eigenvalue weighted by atomic mass is 10.0. The SMILES string of the molecule is CNc1nc(-c2ccc(-c3ccc(Cl)cc3)cc2)cs1. The molecular formula is C16H13ClN2S. The molecule has 1 aromatic heterocycles. The van der Waals surface area contributed by atoms with Crippen LogP contribution in [0.4, 0.5) is 5.13 Å². The molecule has 20 heavy (non-hydrogen) atoms. The third-order valence-corrected chi connectivity index (χ3v) is 4.19. The van der Waals surface area contributed by atoms with Crippen LogP contribution in [0.15, 0.2) is 53.9 Å². The van der Waals surface area contributed by atoms with E-state index in [-0.39, 0.29) is 0 Å². The van der Waals surface area contributed by atoms with Gasteiger partial charge in [0.05, 0.1) is 5.69 Å². The zero-order valence-electron chi connectivity index (χ0n) is 10.9. The number of benzene rings is 2. The van der Waals surface area contributed by atoms with E-state index < -0.39 is 0 Å². The summed E-state index contributed by atoms with van der Waals surface area (Å²) < 4.78 is 0. The molecule has 0 saturated carbocycles. The normalized spacial score (nSPS) is 10.5. The van der Waals surface area contributed by atoms with Crippen molar-refractivity contribution in [3.8, 4) is 22.4 Å². The number of nitrogens with one attached hydrogen (secondary N) is 1. The van der Waals surface area contributed by atoms with E-state index in [1.807, 2.05) is 31.3 Å². The maximum atomic E-state index is 5.91. The van der Waals surface area contributed by atoms with Crippen LogP contribution in [-0.4, -0.2) is 12.0 Å². The Balaban J connectivity index is 1.89. The first-order chi connectivity index (χ1) is 9.76.